The van der Waals surface area contributed by atoms with Gasteiger partial charge in [-0.2, -0.15) is 0 Å². The number of nitrogens with one attached hydrogen (secondary N) is 2. The Balaban J connectivity index is 0.00000180. The first-order valence-electron chi connectivity index (χ1n) is 5.67. The van der Waals surface area contributed by atoms with E-state index in [0.717, 1.165) is 23.9 Å². The standard InChI is InChI=1S/C11H14BrClN2O2S.ClH/c12-8-3-4-11(10(13)6-8)18(16,17)15-9-2-1-5-14-7-9;/h3-4,6,9,14-15H,1-2,5,7H2;1H/t9-;/m1./s1. The van der Waals surface area contributed by atoms with E-state index < -0.39 is 10.0 Å². The van der Waals surface area contributed by atoms with Crippen LogP contribution in [0.5, 0.6) is 0 Å². The minimum atomic E-state index is -3.55. The fourth-order valence-electron chi connectivity index (χ4n) is 1.93. The molecular formula is C11H15BrCl2N2O2S. The number of rotatable bonds is 3. The third-order valence-electron chi connectivity index (χ3n) is 2.80. The molecule has 2 rings (SSSR count). The Morgan fingerprint density at radius 2 is 2.16 bits per heavy atom. The second kappa shape index (κ2) is 7.24. The molecule has 1 fully saturated rings. The molecule has 0 amide bonds. The molecule has 108 valence electrons. The average molecular weight is 390 g/mol. The van der Waals surface area contributed by atoms with E-state index in [1.54, 1.807) is 12.1 Å². The van der Waals surface area contributed by atoms with Crippen LogP contribution in [0, 0.1) is 0 Å². The molecule has 1 aliphatic rings. The van der Waals surface area contributed by atoms with Crippen molar-refractivity contribution in [1.29, 1.82) is 0 Å². The highest BCUT2D eigenvalue weighted by molar-refractivity contribution is 9.10. The fourth-order valence-corrected chi connectivity index (χ4v) is 4.24. The van der Waals surface area contributed by atoms with Gasteiger partial charge in [0.05, 0.1) is 5.02 Å². The molecule has 0 radical (unpaired) electrons. The van der Waals surface area contributed by atoms with E-state index >= 15 is 0 Å². The normalized spacial score (nSPS) is 19.8. The van der Waals surface area contributed by atoms with Crippen molar-refractivity contribution in [2.75, 3.05) is 13.1 Å². The molecule has 4 nitrogen and oxygen atoms in total. The van der Waals surface area contributed by atoms with Crippen molar-refractivity contribution < 1.29 is 8.42 Å². The van der Waals surface area contributed by atoms with Gasteiger partial charge in [0.15, 0.2) is 0 Å². The molecule has 0 unspecified atom stereocenters. The van der Waals surface area contributed by atoms with Crippen molar-refractivity contribution in [2.24, 2.45) is 0 Å². The lowest BCUT2D eigenvalue weighted by molar-refractivity contribution is 0.428. The minimum absolute atomic E-state index is 0. The minimum Gasteiger partial charge on any atom is -0.315 e. The van der Waals surface area contributed by atoms with Crippen LogP contribution in [0.2, 0.25) is 5.02 Å². The Hall–Kier alpha value is 0.150. The van der Waals surface area contributed by atoms with Crippen LogP contribution < -0.4 is 10.0 Å². The van der Waals surface area contributed by atoms with Crippen LogP contribution in [0.4, 0.5) is 0 Å². The number of benzene rings is 1. The van der Waals surface area contributed by atoms with Gasteiger partial charge in [0, 0.05) is 17.1 Å². The first kappa shape index (κ1) is 17.2. The lowest BCUT2D eigenvalue weighted by Crippen LogP contribution is -2.45. The highest BCUT2D eigenvalue weighted by atomic mass is 79.9. The van der Waals surface area contributed by atoms with Crippen molar-refractivity contribution >= 4 is 50.0 Å². The van der Waals surface area contributed by atoms with E-state index in [-0.39, 0.29) is 28.4 Å². The summed E-state index contributed by atoms with van der Waals surface area (Å²) < 4.78 is 27.8. The Labute approximate surface area is 132 Å². The van der Waals surface area contributed by atoms with Crippen LogP contribution in [0.15, 0.2) is 27.6 Å². The van der Waals surface area contributed by atoms with Gasteiger partial charge in [0.2, 0.25) is 10.0 Å². The molecule has 8 heteroatoms. The molecule has 1 heterocycles. The van der Waals surface area contributed by atoms with E-state index in [9.17, 15) is 8.42 Å². The molecule has 0 spiro atoms. The smallest absolute Gasteiger partial charge is 0.242 e. The third kappa shape index (κ3) is 4.58. The maximum atomic E-state index is 12.2. The molecule has 2 N–H and O–H groups in total. The Bertz CT molecular complexity index is 533. The highest BCUT2D eigenvalue weighted by Crippen LogP contribution is 2.25. The summed E-state index contributed by atoms with van der Waals surface area (Å²) in [5, 5.41) is 3.39. The van der Waals surface area contributed by atoms with Crippen molar-refractivity contribution in [1.82, 2.24) is 10.0 Å². The van der Waals surface area contributed by atoms with Crippen LogP contribution in [-0.2, 0) is 10.0 Å². The molecule has 1 aliphatic heterocycles. The predicted molar refractivity (Wildman–Crippen MR) is 82.6 cm³/mol. The van der Waals surface area contributed by atoms with Gasteiger partial charge < -0.3 is 5.32 Å². The van der Waals surface area contributed by atoms with E-state index in [1.165, 1.54) is 6.07 Å². The Morgan fingerprint density at radius 1 is 1.42 bits per heavy atom. The quantitative estimate of drug-likeness (QED) is 0.835. The van der Waals surface area contributed by atoms with Crippen molar-refractivity contribution in [3.8, 4) is 0 Å². The summed E-state index contributed by atoms with van der Waals surface area (Å²) in [5.41, 5.74) is 0. The van der Waals surface area contributed by atoms with E-state index in [2.05, 4.69) is 26.0 Å². The summed E-state index contributed by atoms with van der Waals surface area (Å²) in [6.45, 7) is 1.60. The fraction of sp³-hybridized carbons (Fsp3) is 0.455. The van der Waals surface area contributed by atoms with Gasteiger partial charge in [-0.05, 0) is 37.6 Å². The number of piperidine rings is 1. The molecule has 0 aromatic heterocycles. The zero-order valence-corrected chi connectivity index (χ0v) is 14.0. The summed E-state index contributed by atoms with van der Waals surface area (Å²) in [4.78, 5) is 0.123. The molecule has 0 saturated carbocycles. The monoisotopic (exact) mass is 388 g/mol. The van der Waals surface area contributed by atoms with Crippen molar-refractivity contribution in [2.45, 2.75) is 23.8 Å². The van der Waals surface area contributed by atoms with Crippen LogP contribution in [0.3, 0.4) is 0 Å². The van der Waals surface area contributed by atoms with Crippen LogP contribution >= 0.6 is 39.9 Å². The van der Waals surface area contributed by atoms with E-state index in [4.69, 9.17) is 11.6 Å². The summed E-state index contributed by atoms with van der Waals surface area (Å²) in [7, 11) is -3.55. The van der Waals surface area contributed by atoms with Gasteiger partial charge in [-0.1, -0.05) is 27.5 Å². The predicted octanol–water partition coefficient (Wildman–Crippen LogP) is 2.55. The molecule has 0 bridgehead atoms. The summed E-state index contributed by atoms with van der Waals surface area (Å²) in [6.07, 6.45) is 1.82. The zero-order chi connectivity index (χ0) is 13.2. The van der Waals surface area contributed by atoms with Crippen LogP contribution in [0.1, 0.15) is 12.8 Å². The van der Waals surface area contributed by atoms with Gasteiger partial charge in [-0.25, -0.2) is 13.1 Å². The number of halogens is 3. The molecular weight excluding hydrogens is 375 g/mol. The lowest BCUT2D eigenvalue weighted by Gasteiger charge is -2.23. The SMILES string of the molecule is Cl.O=S(=O)(N[C@@H]1CCCNC1)c1ccc(Br)cc1Cl. The van der Waals surface area contributed by atoms with Gasteiger partial charge in [-0.3, -0.25) is 0 Å². The number of hydrogen-bond donors (Lipinski definition) is 2. The third-order valence-corrected chi connectivity index (χ3v) is 5.30. The van der Waals surface area contributed by atoms with Gasteiger partial charge in [0.25, 0.3) is 0 Å². The Kier molecular flexibility index (Phi) is 6.56. The number of sulfonamides is 1. The van der Waals surface area contributed by atoms with Crippen LogP contribution in [0.25, 0.3) is 0 Å². The maximum Gasteiger partial charge on any atom is 0.242 e. The van der Waals surface area contributed by atoms with Gasteiger partial charge >= 0.3 is 0 Å². The summed E-state index contributed by atoms with van der Waals surface area (Å²) >= 11 is 9.22. The first-order chi connectivity index (χ1) is 8.49. The number of hydrogen-bond acceptors (Lipinski definition) is 3. The zero-order valence-electron chi connectivity index (χ0n) is 10.0. The lowest BCUT2D eigenvalue weighted by atomic mass is 10.1. The van der Waals surface area contributed by atoms with E-state index in [1.807, 2.05) is 0 Å². The highest BCUT2D eigenvalue weighted by Gasteiger charge is 2.23. The van der Waals surface area contributed by atoms with Crippen molar-refractivity contribution in [3.63, 3.8) is 0 Å². The molecule has 19 heavy (non-hydrogen) atoms. The largest absolute Gasteiger partial charge is 0.315 e. The molecule has 1 aromatic rings. The molecule has 1 atom stereocenters. The summed E-state index contributed by atoms with van der Waals surface area (Å²) in [5.74, 6) is 0. The summed E-state index contributed by atoms with van der Waals surface area (Å²) in [6, 6.07) is 4.68. The van der Waals surface area contributed by atoms with Gasteiger partial charge in [0.1, 0.15) is 4.90 Å². The van der Waals surface area contributed by atoms with Crippen LogP contribution in [-0.4, -0.2) is 27.5 Å². The molecule has 1 aromatic carbocycles. The molecule has 0 aliphatic carbocycles. The average Bonchev–Trinajstić information content (AvgIpc) is 2.29. The topological polar surface area (TPSA) is 58.2 Å². The molecule has 1 saturated heterocycles. The van der Waals surface area contributed by atoms with E-state index in [0.29, 0.717) is 6.54 Å². The first-order valence-corrected chi connectivity index (χ1v) is 8.32. The maximum absolute atomic E-state index is 12.2. The second-order valence-electron chi connectivity index (χ2n) is 4.24. The van der Waals surface area contributed by atoms with Gasteiger partial charge in [-0.15, -0.1) is 12.4 Å². The van der Waals surface area contributed by atoms with Crippen molar-refractivity contribution in [3.05, 3.63) is 27.7 Å². The second-order valence-corrected chi connectivity index (χ2v) is 7.24. The Morgan fingerprint density at radius 3 is 2.74 bits per heavy atom.